The van der Waals surface area contributed by atoms with Crippen molar-refractivity contribution in [3.8, 4) is 0 Å². The van der Waals surface area contributed by atoms with E-state index in [1.54, 1.807) is 0 Å². The van der Waals surface area contributed by atoms with E-state index in [1.807, 2.05) is 0 Å². The van der Waals surface area contributed by atoms with Crippen LogP contribution >= 0.6 is 12.4 Å². The lowest BCUT2D eigenvalue weighted by atomic mass is 9.92. The van der Waals surface area contributed by atoms with Crippen LogP contribution in [0.3, 0.4) is 0 Å². The number of rotatable bonds is 6. The minimum atomic E-state index is -0.788. The summed E-state index contributed by atoms with van der Waals surface area (Å²) < 4.78 is 0. The Bertz CT molecular complexity index is 502. The molecule has 0 spiro atoms. The van der Waals surface area contributed by atoms with Gasteiger partial charge in [-0.15, -0.1) is 12.4 Å². The van der Waals surface area contributed by atoms with Crippen LogP contribution in [0.15, 0.2) is 0 Å². The number of halogens is 1. The van der Waals surface area contributed by atoms with Crippen LogP contribution in [0.25, 0.3) is 0 Å². The molecule has 2 unspecified atom stereocenters. The number of aliphatic hydroxyl groups excluding tert-OH is 1. The fourth-order valence-corrected chi connectivity index (χ4v) is 4.27. The van der Waals surface area contributed by atoms with Gasteiger partial charge in [-0.2, -0.15) is 0 Å². The predicted molar refractivity (Wildman–Crippen MR) is 89.6 cm³/mol. The summed E-state index contributed by atoms with van der Waals surface area (Å²) in [5, 5.41) is 17.9. The van der Waals surface area contributed by atoms with Gasteiger partial charge in [0.1, 0.15) is 6.61 Å². The van der Waals surface area contributed by atoms with E-state index in [4.69, 9.17) is 5.11 Å². The van der Waals surface area contributed by atoms with Gasteiger partial charge in [-0.25, -0.2) is 0 Å². The number of ketones is 1. The Kier molecular flexibility index (Phi) is 6.60. The molecule has 24 heavy (non-hydrogen) atoms. The van der Waals surface area contributed by atoms with E-state index in [9.17, 15) is 14.4 Å². The van der Waals surface area contributed by atoms with Crippen molar-refractivity contribution >= 4 is 30.0 Å². The molecule has 136 valence electrons. The van der Waals surface area contributed by atoms with Crippen LogP contribution in [-0.2, 0) is 14.4 Å². The summed E-state index contributed by atoms with van der Waals surface area (Å²) >= 11 is 0. The first-order chi connectivity index (χ1) is 11.1. The molecule has 0 aromatic carbocycles. The van der Waals surface area contributed by atoms with Crippen LogP contribution in [0.5, 0.6) is 0 Å². The summed E-state index contributed by atoms with van der Waals surface area (Å²) in [7, 11) is 0. The number of nitrogens with one attached hydrogen (secondary N) is 3. The predicted octanol–water partition coefficient (Wildman–Crippen LogP) is -0.631. The zero-order valence-electron chi connectivity index (χ0n) is 13.6. The summed E-state index contributed by atoms with van der Waals surface area (Å²) in [4.78, 5) is 36.2. The van der Waals surface area contributed by atoms with Crippen LogP contribution in [0.4, 0.5) is 0 Å². The van der Waals surface area contributed by atoms with Crippen molar-refractivity contribution < 1.29 is 19.5 Å². The fourth-order valence-electron chi connectivity index (χ4n) is 4.27. The van der Waals surface area contributed by atoms with Crippen LogP contribution < -0.4 is 16.0 Å². The maximum atomic E-state index is 12.6. The number of amides is 2. The zero-order chi connectivity index (χ0) is 16.4. The number of carbonyl (C=O) groups excluding carboxylic acids is 3. The molecular weight excluding hydrogens is 334 g/mol. The number of aliphatic hydroxyl groups is 1. The van der Waals surface area contributed by atoms with Crippen molar-refractivity contribution in [2.75, 3.05) is 19.7 Å². The highest BCUT2D eigenvalue weighted by Crippen LogP contribution is 2.37. The Morgan fingerprint density at radius 1 is 1.29 bits per heavy atom. The highest BCUT2D eigenvalue weighted by atomic mass is 35.5. The summed E-state index contributed by atoms with van der Waals surface area (Å²) in [5.41, 5.74) is 0. The number of Topliss-reactive ketones (excluding diaryl/α,β-unsaturated/α-hetero) is 1. The molecule has 0 bridgehead atoms. The first-order valence-corrected chi connectivity index (χ1v) is 8.55. The molecule has 1 saturated carbocycles. The zero-order valence-corrected chi connectivity index (χ0v) is 14.4. The molecule has 3 fully saturated rings. The second kappa shape index (κ2) is 8.27. The molecule has 3 aliphatic rings. The molecule has 0 aromatic rings. The Morgan fingerprint density at radius 2 is 2.08 bits per heavy atom. The van der Waals surface area contributed by atoms with Crippen molar-refractivity contribution in [3.05, 3.63) is 0 Å². The number of hydrogen-bond acceptors (Lipinski definition) is 5. The van der Waals surface area contributed by atoms with E-state index in [1.165, 1.54) is 0 Å². The number of carbonyl (C=O) groups is 3. The standard InChI is InChI=1S/C16H25N3O4.ClH/c20-8-13(21)12(6-9-4-5-17-15(9)22)19-16(23)14-11-3-1-2-10(11)7-18-14;/h9-12,14,18,20H,1-8H2,(H,17,22)(H,19,23);1H/t9-,10?,11?,12-,14-;/m0./s1. The van der Waals surface area contributed by atoms with Crippen LogP contribution in [-0.4, -0.2) is 54.5 Å². The van der Waals surface area contributed by atoms with Gasteiger partial charge >= 0.3 is 0 Å². The first-order valence-electron chi connectivity index (χ1n) is 8.55. The van der Waals surface area contributed by atoms with Crippen molar-refractivity contribution in [1.29, 1.82) is 0 Å². The molecule has 0 radical (unpaired) electrons. The monoisotopic (exact) mass is 359 g/mol. The first kappa shape index (κ1) is 19.1. The Morgan fingerprint density at radius 3 is 2.75 bits per heavy atom. The number of fused-ring (bicyclic) bond motifs is 1. The second-order valence-corrected chi connectivity index (χ2v) is 6.94. The van der Waals surface area contributed by atoms with Crippen molar-refractivity contribution in [3.63, 3.8) is 0 Å². The average molecular weight is 360 g/mol. The van der Waals surface area contributed by atoms with Gasteiger partial charge in [0.2, 0.25) is 11.8 Å². The van der Waals surface area contributed by atoms with Crippen molar-refractivity contribution in [1.82, 2.24) is 16.0 Å². The molecule has 0 aromatic heterocycles. The van der Waals surface area contributed by atoms with E-state index in [-0.39, 0.29) is 42.6 Å². The summed E-state index contributed by atoms with van der Waals surface area (Å²) in [5.74, 6) is -0.0620. The molecule has 5 atom stereocenters. The van der Waals surface area contributed by atoms with E-state index < -0.39 is 18.4 Å². The highest BCUT2D eigenvalue weighted by Gasteiger charge is 2.43. The molecule has 1 aliphatic carbocycles. The highest BCUT2D eigenvalue weighted by molar-refractivity contribution is 5.92. The molecule has 2 saturated heterocycles. The van der Waals surface area contributed by atoms with E-state index >= 15 is 0 Å². The van der Waals surface area contributed by atoms with Gasteiger partial charge in [0.25, 0.3) is 0 Å². The average Bonchev–Trinajstić information content (AvgIpc) is 3.23. The second-order valence-electron chi connectivity index (χ2n) is 6.94. The number of hydrogen-bond donors (Lipinski definition) is 4. The van der Waals surface area contributed by atoms with Gasteiger partial charge in [-0.3, -0.25) is 14.4 Å². The quantitative estimate of drug-likeness (QED) is 0.505. The lowest BCUT2D eigenvalue weighted by molar-refractivity contribution is -0.132. The van der Waals surface area contributed by atoms with Gasteiger partial charge in [0.15, 0.2) is 5.78 Å². The molecular formula is C16H26ClN3O4. The summed E-state index contributed by atoms with van der Waals surface area (Å²) in [6.07, 6.45) is 4.28. The lowest BCUT2D eigenvalue weighted by Crippen LogP contribution is -2.51. The smallest absolute Gasteiger partial charge is 0.238 e. The molecule has 8 heteroatoms. The Hall–Kier alpha value is -1.18. The maximum absolute atomic E-state index is 12.6. The largest absolute Gasteiger partial charge is 0.389 e. The molecule has 2 amide bonds. The van der Waals surface area contributed by atoms with E-state index in [2.05, 4.69) is 16.0 Å². The molecule has 2 aliphatic heterocycles. The van der Waals surface area contributed by atoms with Crippen LogP contribution in [0.1, 0.15) is 32.1 Å². The Balaban J connectivity index is 0.00000208. The van der Waals surface area contributed by atoms with E-state index in [0.717, 1.165) is 25.8 Å². The minimum absolute atomic E-state index is 0. The van der Waals surface area contributed by atoms with Gasteiger partial charge in [0, 0.05) is 12.5 Å². The summed E-state index contributed by atoms with van der Waals surface area (Å²) in [6.45, 7) is 0.835. The van der Waals surface area contributed by atoms with Gasteiger partial charge in [-0.05, 0) is 44.1 Å². The molecule has 3 rings (SSSR count). The third-order valence-electron chi connectivity index (χ3n) is 5.57. The molecule has 2 heterocycles. The third-order valence-corrected chi connectivity index (χ3v) is 5.57. The van der Waals surface area contributed by atoms with Crippen LogP contribution in [0.2, 0.25) is 0 Å². The topological polar surface area (TPSA) is 108 Å². The fraction of sp³-hybridized carbons (Fsp3) is 0.812. The van der Waals surface area contributed by atoms with Crippen molar-refractivity contribution in [2.45, 2.75) is 44.2 Å². The molecule has 7 nitrogen and oxygen atoms in total. The minimum Gasteiger partial charge on any atom is -0.389 e. The molecule has 4 N–H and O–H groups in total. The van der Waals surface area contributed by atoms with Crippen LogP contribution in [0, 0.1) is 17.8 Å². The maximum Gasteiger partial charge on any atom is 0.238 e. The van der Waals surface area contributed by atoms with Gasteiger partial charge < -0.3 is 21.1 Å². The lowest BCUT2D eigenvalue weighted by Gasteiger charge is -2.23. The third kappa shape index (κ3) is 3.90. The Labute approximate surface area is 147 Å². The summed E-state index contributed by atoms with van der Waals surface area (Å²) in [6, 6.07) is -1.04. The normalized spacial score (nSPS) is 32.6. The van der Waals surface area contributed by atoms with E-state index in [0.29, 0.717) is 24.8 Å². The SMILES string of the molecule is Cl.O=C1NCC[C@H]1C[C@H](NC(=O)[C@H]1NCC2CCCC21)C(=O)CO. The van der Waals surface area contributed by atoms with Gasteiger partial charge in [-0.1, -0.05) is 6.42 Å². The van der Waals surface area contributed by atoms with Crippen molar-refractivity contribution in [2.24, 2.45) is 17.8 Å². The van der Waals surface area contributed by atoms with Gasteiger partial charge in [0.05, 0.1) is 12.1 Å².